The Labute approximate surface area is 129 Å². The predicted molar refractivity (Wildman–Crippen MR) is 86.1 cm³/mol. The number of halogens is 2. The first kappa shape index (κ1) is 14.3. The van der Waals surface area contributed by atoms with Crippen molar-refractivity contribution in [3.05, 3.63) is 39.0 Å². The molecule has 0 aliphatic carbocycles. The highest BCUT2D eigenvalue weighted by atomic mass is 79.9. The molecule has 1 aromatic carbocycles. The number of nitrogens with one attached hydrogen (secondary N) is 2. The van der Waals surface area contributed by atoms with Gasteiger partial charge < -0.3 is 10.6 Å². The Morgan fingerprint density at radius 2 is 1.84 bits per heavy atom. The number of rotatable bonds is 4. The van der Waals surface area contributed by atoms with Crippen LogP contribution in [0.2, 0.25) is 0 Å². The number of hydrogen-bond acceptors (Lipinski definition) is 4. The monoisotopic (exact) mass is 384 g/mol. The van der Waals surface area contributed by atoms with Gasteiger partial charge in [-0.15, -0.1) is 0 Å². The maximum Gasteiger partial charge on any atom is 0.150 e. The standard InChI is InChI=1S/C13H14Br2N4/c1-3-16-12-11(15)13(18-7-17-12)19-10-5-8(2)4-9(14)6-10/h4-7H,3H2,1-2H3,(H2,16,17,18,19). The summed E-state index contributed by atoms with van der Waals surface area (Å²) in [6, 6.07) is 6.13. The van der Waals surface area contributed by atoms with Crippen LogP contribution in [0.15, 0.2) is 33.5 Å². The number of hydrogen-bond donors (Lipinski definition) is 2. The van der Waals surface area contributed by atoms with Gasteiger partial charge in [0.15, 0.2) is 0 Å². The highest BCUT2D eigenvalue weighted by Crippen LogP contribution is 2.30. The van der Waals surface area contributed by atoms with Gasteiger partial charge in [0.05, 0.1) is 0 Å². The lowest BCUT2D eigenvalue weighted by Crippen LogP contribution is -2.03. The summed E-state index contributed by atoms with van der Waals surface area (Å²) in [4.78, 5) is 8.44. The molecule has 1 heterocycles. The van der Waals surface area contributed by atoms with Crippen molar-refractivity contribution in [3.63, 3.8) is 0 Å². The van der Waals surface area contributed by atoms with Gasteiger partial charge in [0.2, 0.25) is 0 Å². The smallest absolute Gasteiger partial charge is 0.150 e. The van der Waals surface area contributed by atoms with Crippen molar-refractivity contribution in [2.24, 2.45) is 0 Å². The molecule has 0 atom stereocenters. The number of aryl methyl sites for hydroxylation is 1. The first-order valence-electron chi connectivity index (χ1n) is 5.88. The van der Waals surface area contributed by atoms with Crippen molar-refractivity contribution in [3.8, 4) is 0 Å². The zero-order chi connectivity index (χ0) is 13.8. The molecule has 1 aromatic heterocycles. The minimum absolute atomic E-state index is 0.739. The van der Waals surface area contributed by atoms with E-state index in [0.717, 1.165) is 32.8 Å². The fourth-order valence-corrected chi connectivity index (χ4v) is 2.74. The molecule has 2 rings (SSSR count). The Bertz CT molecular complexity index is 567. The van der Waals surface area contributed by atoms with E-state index in [9.17, 15) is 0 Å². The van der Waals surface area contributed by atoms with Gasteiger partial charge in [-0.25, -0.2) is 9.97 Å². The Morgan fingerprint density at radius 3 is 2.53 bits per heavy atom. The molecule has 100 valence electrons. The zero-order valence-corrected chi connectivity index (χ0v) is 13.8. The molecule has 6 heteroatoms. The minimum Gasteiger partial charge on any atom is -0.369 e. The molecule has 0 saturated heterocycles. The number of anilines is 3. The van der Waals surface area contributed by atoms with Gasteiger partial charge in [-0.2, -0.15) is 0 Å². The maximum absolute atomic E-state index is 4.25. The van der Waals surface area contributed by atoms with Crippen molar-refractivity contribution >= 4 is 49.2 Å². The second-order valence-corrected chi connectivity index (χ2v) is 5.77. The summed E-state index contributed by atoms with van der Waals surface area (Å²) in [6.45, 7) is 4.89. The average molecular weight is 386 g/mol. The molecule has 0 fully saturated rings. The molecule has 2 aromatic rings. The lowest BCUT2D eigenvalue weighted by Gasteiger charge is -2.11. The first-order chi connectivity index (χ1) is 9.10. The van der Waals surface area contributed by atoms with Gasteiger partial charge in [-0.05, 0) is 53.5 Å². The Kier molecular flexibility index (Phi) is 4.76. The van der Waals surface area contributed by atoms with E-state index in [0.29, 0.717) is 0 Å². The lowest BCUT2D eigenvalue weighted by molar-refractivity contribution is 1.10. The molecule has 2 N–H and O–H groups in total. The fraction of sp³-hybridized carbons (Fsp3) is 0.231. The van der Waals surface area contributed by atoms with E-state index < -0.39 is 0 Å². The van der Waals surface area contributed by atoms with Crippen LogP contribution in [-0.4, -0.2) is 16.5 Å². The molecule has 0 saturated carbocycles. The van der Waals surface area contributed by atoms with Crippen LogP contribution in [0.4, 0.5) is 17.3 Å². The fourth-order valence-electron chi connectivity index (χ4n) is 1.69. The summed E-state index contributed by atoms with van der Waals surface area (Å²) in [5.74, 6) is 1.52. The van der Waals surface area contributed by atoms with Gasteiger partial charge in [0.25, 0.3) is 0 Å². The van der Waals surface area contributed by atoms with E-state index in [-0.39, 0.29) is 0 Å². The second kappa shape index (κ2) is 6.34. The van der Waals surface area contributed by atoms with Crippen molar-refractivity contribution in [1.29, 1.82) is 0 Å². The number of aromatic nitrogens is 2. The molecule has 0 amide bonds. The zero-order valence-electron chi connectivity index (χ0n) is 10.7. The molecule has 0 aliphatic heterocycles. The predicted octanol–water partition coefficient (Wildman–Crippen LogP) is 4.49. The van der Waals surface area contributed by atoms with E-state index in [1.807, 2.05) is 13.0 Å². The third kappa shape index (κ3) is 3.67. The van der Waals surface area contributed by atoms with Crippen LogP contribution < -0.4 is 10.6 Å². The highest BCUT2D eigenvalue weighted by Gasteiger charge is 2.08. The lowest BCUT2D eigenvalue weighted by atomic mass is 10.2. The first-order valence-corrected chi connectivity index (χ1v) is 7.47. The second-order valence-electron chi connectivity index (χ2n) is 4.06. The molecule has 0 radical (unpaired) electrons. The summed E-state index contributed by atoms with van der Waals surface area (Å²) >= 11 is 7.00. The third-order valence-electron chi connectivity index (χ3n) is 2.44. The normalized spacial score (nSPS) is 10.3. The van der Waals surface area contributed by atoms with E-state index in [2.05, 4.69) is 71.5 Å². The van der Waals surface area contributed by atoms with Crippen molar-refractivity contribution in [2.45, 2.75) is 13.8 Å². The van der Waals surface area contributed by atoms with Crippen LogP contribution in [0.1, 0.15) is 12.5 Å². The Morgan fingerprint density at radius 1 is 1.11 bits per heavy atom. The van der Waals surface area contributed by atoms with Gasteiger partial charge in [0, 0.05) is 16.7 Å². The highest BCUT2D eigenvalue weighted by molar-refractivity contribution is 9.11. The summed E-state index contributed by atoms with van der Waals surface area (Å²) < 4.78 is 1.86. The van der Waals surface area contributed by atoms with Crippen molar-refractivity contribution < 1.29 is 0 Å². The van der Waals surface area contributed by atoms with Gasteiger partial charge in [-0.1, -0.05) is 15.9 Å². The Hall–Kier alpha value is -1.14. The number of benzene rings is 1. The van der Waals surface area contributed by atoms with E-state index in [1.165, 1.54) is 11.9 Å². The molecule has 4 nitrogen and oxygen atoms in total. The van der Waals surface area contributed by atoms with E-state index >= 15 is 0 Å². The largest absolute Gasteiger partial charge is 0.369 e. The van der Waals surface area contributed by atoms with Gasteiger partial charge in [-0.3, -0.25) is 0 Å². The summed E-state index contributed by atoms with van der Waals surface area (Å²) in [5.41, 5.74) is 2.16. The van der Waals surface area contributed by atoms with Crippen LogP contribution in [0.5, 0.6) is 0 Å². The van der Waals surface area contributed by atoms with Crippen LogP contribution in [0.3, 0.4) is 0 Å². The van der Waals surface area contributed by atoms with E-state index in [1.54, 1.807) is 0 Å². The molecule has 0 spiro atoms. The molecule has 0 bridgehead atoms. The maximum atomic E-state index is 4.25. The van der Waals surface area contributed by atoms with E-state index in [4.69, 9.17) is 0 Å². The minimum atomic E-state index is 0.739. The van der Waals surface area contributed by atoms with Crippen molar-refractivity contribution in [2.75, 3.05) is 17.2 Å². The van der Waals surface area contributed by atoms with Crippen molar-refractivity contribution in [1.82, 2.24) is 9.97 Å². The third-order valence-corrected chi connectivity index (χ3v) is 3.65. The Balaban J connectivity index is 2.30. The molecular weight excluding hydrogens is 372 g/mol. The molecule has 0 unspecified atom stereocenters. The summed E-state index contributed by atoms with van der Waals surface area (Å²) in [6.07, 6.45) is 1.54. The average Bonchev–Trinajstić information content (AvgIpc) is 2.33. The summed E-state index contributed by atoms with van der Waals surface area (Å²) in [5, 5.41) is 6.46. The number of nitrogens with zero attached hydrogens (tertiary/aromatic N) is 2. The SMILES string of the molecule is CCNc1ncnc(Nc2cc(C)cc(Br)c2)c1Br. The van der Waals surface area contributed by atoms with Crippen LogP contribution in [0.25, 0.3) is 0 Å². The topological polar surface area (TPSA) is 49.8 Å². The molecular formula is C13H14Br2N4. The van der Waals surface area contributed by atoms with Crippen LogP contribution in [-0.2, 0) is 0 Å². The van der Waals surface area contributed by atoms with Crippen LogP contribution >= 0.6 is 31.9 Å². The van der Waals surface area contributed by atoms with Crippen LogP contribution in [0, 0.1) is 6.92 Å². The molecule has 19 heavy (non-hydrogen) atoms. The quantitative estimate of drug-likeness (QED) is 0.814. The van der Waals surface area contributed by atoms with Gasteiger partial charge in [0.1, 0.15) is 22.4 Å². The molecule has 0 aliphatic rings. The summed E-state index contributed by atoms with van der Waals surface area (Å²) in [7, 11) is 0. The van der Waals surface area contributed by atoms with Gasteiger partial charge >= 0.3 is 0 Å².